The van der Waals surface area contributed by atoms with Gasteiger partial charge in [0.25, 0.3) is 10.0 Å². The summed E-state index contributed by atoms with van der Waals surface area (Å²) in [4.78, 5) is 12.5. The Morgan fingerprint density at radius 3 is 2.90 bits per heavy atom. The molecule has 2 atom stereocenters. The van der Waals surface area contributed by atoms with Gasteiger partial charge in [0.05, 0.1) is 16.8 Å². The highest BCUT2D eigenvalue weighted by Gasteiger charge is 2.45. The summed E-state index contributed by atoms with van der Waals surface area (Å²) in [5, 5.41) is 2.76. The van der Waals surface area contributed by atoms with Crippen LogP contribution in [0, 0.1) is 5.92 Å². The molecular weight excluding hydrogens is 330 g/mol. The fraction of sp³-hybridized carbons (Fsp3) is 0.500. The molecule has 0 saturated carbocycles. The van der Waals surface area contributed by atoms with E-state index in [4.69, 9.17) is 18.0 Å². The first-order valence-electron chi connectivity index (χ1n) is 6.60. The molecule has 2 aliphatic rings. The Labute approximate surface area is 132 Å². The minimum atomic E-state index is -3.61. The molecule has 3 rings (SSSR count). The average molecular weight is 345 g/mol. The highest BCUT2D eigenvalue weighted by Crippen LogP contribution is 2.34. The zero-order valence-corrected chi connectivity index (χ0v) is 13.6. The lowest BCUT2D eigenvalue weighted by molar-refractivity contribution is -0.123. The second-order valence-corrected chi connectivity index (χ2v) is 8.80. The molecule has 9 heteroatoms. The third kappa shape index (κ3) is 2.48. The molecule has 3 N–H and O–H groups in total. The Morgan fingerprint density at radius 2 is 2.24 bits per heavy atom. The van der Waals surface area contributed by atoms with Crippen LogP contribution in [0.5, 0.6) is 0 Å². The van der Waals surface area contributed by atoms with E-state index < -0.39 is 10.0 Å². The van der Waals surface area contributed by atoms with E-state index >= 15 is 0 Å². The molecule has 21 heavy (non-hydrogen) atoms. The highest BCUT2D eigenvalue weighted by molar-refractivity contribution is 7.91. The molecule has 3 heterocycles. The number of piperidine rings is 1. The van der Waals surface area contributed by atoms with Crippen molar-refractivity contribution in [2.24, 2.45) is 11.7 Å². The zero-order valence-electron chi connectivity index (χ0n) is 11.1. The van der Waals surface area contributed by atoms with Crippen molar-refractivity contribution < 1.29 is 13.2 Å². The number of rotatable bonds is 3. The second-order valence-electron chi connectivity index (χ2n) is 5.16. The van der Waals surface area contributed by atoms with E-state index in [0.717, 1.165) is 17.8 Å². The highest BCUT2D eigenvalue weighted by atomic mass is 32.2. The predicted octanol–water partition coefficient (Wildman–Crippen LogP) is 0.281. The van der Waals surface area contributed by atoms with E-state index in [1.54, 1.807) is 6.07 Å². The van der Waals surface area contributed by atoms with E-state index in [1.165, 1.54) is 10.4 Å². The fourth-order valence-corrected chi connectivity index (χ4v) is 6.10. The molecule has 1 aromatic rings. The van der Waals surface area contributed by atoms with Crippen LogP contribution in [0.25, 0.3) is 0 Å². The van der Waals surface area contributed by atoms with Gasteiger partial charge < -0.3 is 11.1 Å². The van der Waals surface area contributed by atoms with Crippen molar-refractivity contribution in [3.63, 3.8) is 0 Å². The summed E-state index contributed by atoms with van der Waals surface area (Å²) in [6.07, 6.45) is 1.44. The summed E-state index contributed by atoms with van der Waals surface area (Å²) in [6.45, 7) is 0.828. The van der Waals surface area contributed by atoms with Crippen LogP contribution in [0.15, 0.2) is 16.3 Å². The van der Waals surface area contributed by atoms with Crippen molar-refractivity contribution in [1.82, 2.24) is 9.62 Å². The van der Waals surface area contributed by atoms with E-state index in [2.05, 4.69) is 5.32 Å². The van der Waals surface area contributed by atoms with Crippen molar-refractivity contribution in [2.75, 3.05) is 13.1 Å². The van der Waals surface area contributed by atoms with Gasteiger partial charge in [-0.05, 0) is 25.0 Å². The summed E-state index contributed by atoms with van der Waals surface area (Å²) in [5.41, 5.74) is 5.53. The zero-order chi connectivity index (χ0) is 15.2. The SMILES string of the molecule is NC(=S)c1ccc(S(=O)(=O)N2CCCC3C(=O)NCC32)s1. The second kappa shape index (κ2) is 5.31. The number of nitrogens with one attached hydrogen (secondary N) is 1. The van der Waals surface area contributed by atoms with Gasteiger partial charge in [0.15, 0.2) is 0 Å². The van der Waals surface area contributed by atoms with Gasteiger partial charge in [-0.2, -0.15) is 4.31 Å². The summed E-state index contributed by atoms with van der Waals surface area (Å²) < 4.78 is 27.3. The molecular formula is C12H15N3O3S3. The van der Waals surface area contributed by atoms with Crippen LogP contribution in [-0.2, 0) is 14.8 Å². The van der Waals surface area contributed by atoms with Crippen LogP contribution < -0.4 is 11.1 Å². The van der Waals surface area contributed by atoms with E-state index in [-0.39, 0.29) is 27.1 Å². The number of amides is 1. The number of thiophene rings is 1. The van der Waals surface area contributed by atoms with Crippen LogP contribution in [0.2, 0.25) is 0 Å². The van der Waals surface area contributed by atoms with Crippen LogP contribution in [0.3, 0.4) is 0 Å². The first-order valence-corrected chi connectivity index (χ1v) is 9.27. The van der Waals surface area contributed by atoms with E-state index in [9.17, 15) is 13.2 Å². The van der Waals surface area contributed by atoms with Gasteiger partial charge in [-0.3, -0.25) is 4.79 Å². The molecule has 0 aromatic carbocycles. The summed E-state index contributed by atoms with van der Waals surface area (Å²) in [5.74, 6) is -0.279. The van der Waals surface area contributed by atoms with Gasteiger partial charge in [-0.15, -0.1) is 11.3 Å². The lowest BCUT2D eigenvalue weighted by atomic mass is 9.93. The van der Waals surface area contributed by atoms with Crippen LogP contribution in [0.4, 0.5) is 0 Å². The largest absolute Gasteiger partial charge is 0.389 e. The number of hydrogen-bond donors (Lipinski definition) is 2. The Bertz CT molecular complexity index is 698. The maximum Gasteiger partial charge on any atom is 0.252 e. The minimum Gasteiger partial charge on any atom is -0.389 e. The number of hydrogen-bond acceptors (Lipinski definition) is 5. The normalized spacial score (nSPS) is 26.4. The van der Waals surface area contributed by atoms with Crippen LogP contribution >= 0.6 is 23.6 Å². The topological polar surface area (TPSA) is 92.5 Å². The van der Waals surface area contributed by atoms with Crippen LogP contribution in [0.1, 0.15) is 17.7 Å². The first-order chi connectivity index (χ1) is 9.91. The standard InChI is InChI=1S/C12H15N3O3S3/c13-11(19)9-3-4-10(20-9)21(17,18)15-5-1-2-7-8(15)6-14-12(7)16/h3-4,7-8H,1-2,5-6H2,(H2,13,19)(H,14,16). The number of carbonyl (C=O) groups is 1. The molecule has 2 saturated heterocycles. The Hall–Kier alpha value is -1.03. The van der Waals surface area contributed by atoms with Gasteiger partial charge in [0.2, 0.25) is 5.91 Å². The molecule has 2 unspecified atom stereocenters. The maximum absolute atomic E-state index is 12.8. The summed E-state index contributed by atoms with van der Waals surface area (Å²) in [7, 11) is -3.61. The van der Waals surface area contributed by atoms with E-state index in [1.807, 2.05) is 0 Å². The third-order valence-corrected chi connectivity index (χ3v) is 7.80. The van der Waals surface area contributed by atoms with Crippen molar-refractivity contribution in [3.8, 4) is 0 Å². The van der Waals surface area contributed by atoms with Gasteiger partial charge in [0, 0.05) is 13.1 Å². The number of fused-ring (bicyclic) bond motifs is 1. The monoisotopic (exact) mass is 345 g/mol. The smallest absolute Gasteiger partial charge is 0.252 e. The summed E-state index contributed by atoms with van der Waals surface area (Å²) >= 11 is 5.95. The number of sulfonamides is 1. The number of carbonyl (C=O) groups excluding carboxylic acids is 1. The average Bonchev–Trinajstić information content (AvgIpc) is 3.06. The minimum absolute atomic E-state index is 0.0464. The molecule has 0 radical (unpaired) electrons. The first kappa shape index (κ1) is 14.9. The number of thiocarbonyl (C=S) groups is 1. The molecule has 0 aliphatic carbocycles. The summed E-state index contributed by atoms with van der Waals surface area (Å²) in [6, 6.07) is 2.87. The van der Waals surface area contributed by atoms with Gasteiger partial charge in [-0.25, -0.2) is 8.42 Å². The lowest BCUT2D eigenvalue weighted by Crippen LogP contribution is -2.48. The molecule has 114 valence electrons. The molecule has 2 fully saturated rings. The number of nitrogens with zero attached hydrogens (tertiary/aromatic N) is 1. The lowest BCUT2D eigenvalue weighted by Gasteiger charge is -2.34. The molecule has 2 aliphatic heterocycles. The van der Waals surface area contributed by atoms with E-state index in [0.29, 0.717) is 24.4 Å². The Kier molecular flexibility index (Phi) is 3.76. The van der Waals surface area contributed by atoms with Crippen molar-refractivity contribution in [1.29, 1.82) is 0 Å². The van der Waals surface area contributed by atoms with Crippen molar-refractivity contribution in [3.05, 3.63) is 17.0 Å². The van der Waals surface area contributed by atoms with Gasteiger partial charge in [0.1, 0.15) is 9.20 Å². The molecule has 0 bridgehead atoms. The molecule has 1 amide bonds. The maximum atomic E-state index is 12.8. The Balaban J connectivity index is 1.93. The number of nitrogens with two attached hydrogens (primary N) is 1. The molecule has 1 aromatic heterocycles. The third-order valence-electron chi connectivity index (χ3n) is 3.94. The molecule has 0 spiro atoms. The predicted molar refractivity (Wildman–Crippen MR) is 83.6 cm³/mol. The quantitative estimate of drug-likeness (QED) is 0.768. The van der Waals surface area contributed by atoms with Crippen LogP contribution in [-0.4, -0.2) is 42.8 Å². The molecule has 6 nitrogen and oxygen atoms in total. The van der Waals surface area contributed by atoms with Gasteiger partial charge >= 0.3 is 0 Å². The van der Waals surface area contributed by atoms with Crippen molar-refractivity contribution in [2.45, 2.75) is 23.1 Å². The van der Waals surface area contributed by atoms with Crippen molar-refractivity contribution >= 4 is 44.5 Å². The van der Waals surface area contributed by atoms with Gasteiger partial charge in [-0.1, -0.05) is 12.2 Å². The fourth-order valence-electron chi connectivity index (χ4n) is 2.92. The Morgan fingerprint density at radius 1 is 1.48 bits per heavy atom.